The van der Waals surface area contributed by atoms with Gasteiger partial charge < -0.3 is 10.7 Å². The van der Waals surface area contributed by atoms with Crippen molar-refractivity contribution in [2.75, 3.05) is 0 Å². The number of nitrogens with zero attached hydrogens (tertiary/aromatic N) is 4. The average molecular weight is 220 g/mol. The molecule has 0 spiro atoms. The van der Waals surface area contributed by atoms with E-state index in [1.54, 1.807) is 17.2 Å². The highest BCUT2D eigenvalue weighted by Gasteiger charge is 2.15. The molecule has 0 radical (unpaired) electrons. The molecule has 0 aliphatic heterocycles. The van der Waals surface area contributed by atoms with Crippen LogP contribution in [0.2, 0.25) is 0 Å². The molecule has 86 valence electrons. The third-order valence-corrected chi connectivity index (χ3v) is 2.48. The lowest BCUT2D eigenvalue weighted by atomic mass is 10.1. The quantitative estimate of drug-likeness (QED) is 0.778. The smallest absolute Gasteiger partial charge is 0.150 e. The molecule has 0 saturated carbocycles. The van der Waals surface area contributed by atoms with E-state index in [-0.39, 0.29) is 6.04 Å². The highest BCUT2D eigenvalue weighted by atomic mass is 15.3. The standard InChI is InChI=1S/C10H16N6/c1-3-9-14-10(16(2)15-9)8(11)4-7-5-12-6-13-7/h5-6,8H,3-4,11H2,1-2H3,(H,12,13). The van der Waals surface area contributed by atoms with Gasteiger partial charge in [0.25, 0.3) is 0 Å². The highest BCUT2D eigenvalue weighted by molar-refractivity contribution is 5.05. The average Bonchev–Trinajstić information content (AvgIpc) is 2.87. The number of hydrogen-bond donors (Lipinski definition) is 2. The second-order valence-corrected chi connectivity index (χ2v) is 3.75. The van der Waals surface area contributed by atoms with Gasteiger partial charge in [-0.25, -0.2) is 9.97 Å². The Hall–Kier alpha value is -1.69. The Kier molecular flexibility index (Phi) is 3.00. The molecule has 1 atom stereocenters. The molecule has 0 fully saturated rings. The summed E-state index contributed by atoms with van der Waals surface area (Å²) in [5, 5.41) is 4.28. The summed E-state index contributed by atoms with van der Waals surface area (Å²) in [7, 11) is 1.87. The van der Waals surface area contributed by atoms with Gasteiger partial charge in [0.15, 0.2) is 5.82 Å². The van der Waals surface area contributed by atoms with Crippen molar-refractivity contribution in [3.8, 4) is 0 Å². The van der Waals surface area contributed by atoms with Crippen molar-refractivity contribution < 1.29 is 0 Å². The van der Waals surface area contributed by atoms with E-state index in [1.165, 1.54) is 0 Å². The number of H-pyrrole nitrogens is 1. The number of nitrogens with one attached hydrogen (secondary N) is 1. The summed E-state index contributed by atoms with van der Waals surface area (Å²) in [6.45, 7) is 2.03. The van der Waals surface area contributed by atoms with Crippen LogP contribution in [0.4, 0.5) is 0 Å². The minimum Gasteiger partial charge on any atom is -0.348 e. The predicted molar refractivity (Wildman–Crippen MR) is 59.6 cm³/mol. The fourth-order valence-corrected chi connectivity index (χ4v) is 1.65. The fraction of sp³-hybridized carbons (Fsp3) is 0.500. The van der Waals surface area contributed by atoms with Crippen molar-refractivity contribution >= 4 is 0 Å². The van der Waals surface area contributed by atoms with Crippen LogP contribution >= 0.6 is 0 Å². The van der Waals surface area contributed by atoms with Crippen LogP contribution in [0.25, 0.3) is 0 Å². The molecule has 2 aromatic heterocycles. The molecule has 3 N–H and O–H groups in total. The first-order chi connectivity index (χ1) is 7.70. The van der Waals surface area contributed by atoms with Crippen molar-refractivity contribution in [2.24, 2.45) is 12.8 Å². The van der Waals surface area contributed by atoms with Gasteiger partial charge in [-0.05, 0) is 0 Å². The lowest BCUT2D eigenvalue weighted by Gasteiger charge is -2.08. The van der Waals surface area contributed by atoms with Gasteiger partial charge in [-0.2, -0.15) is 5.10 Å². The number of nitrogens with two attached hydrogens (primary N) is 1. The monoisotopic (exact) mass is 220 g/mol. The van der Waals surface area contributed by atoms with E-state index in [0.717, 1.165) is 23.8 Å². The van der Waals surface area contributed by atoms with Crippen LogP contribution in [0, 0.1) is 0 Å². The number of rotatable bonds is 4. The highest BCUT2D eigenvalue weighted by Crippen LogP contribution is 2.12. The minimum atomic E-state index is -0.154. The first kappa shape index (κ1) is 10.8. The number of imidazole rings is 1. The van der Waals surface area contributed by atoms with Crippen molar-refractivity contribution in [3.05, 3.63) is 29.9 Å². The third kappa shape index (κ3) is 2.11. The number of aryl methyl sites for hydroxylation is 2. The van der Waals surface area contributed by atoms with Crippen LogP contribution in [-0.2, 0) is 19.9 Å². The Morgan fingerprint density at radius 3 is 2.94 bits per heavy atom. The van der Waals surface area contributed by atoms with Gasteiger partial charge in [-0.15, -0.1) is 0 Å². The van der Waals surface area contributed by atoms with Crippen LogP contribution in [0.15, 0.2) is 12.5 Å². The summed E-state index contributed by atoms with van der Waals surface area (Å²) >= 11 is 0. The molecule has 6 nitrogen and oxygen atoms in total. The van der Waals surface area contributed by atoms with Crippen LogP contribution in [0.5, 0.6) is 0 Å². The first-order valence-electron chi connectivity index (χ1n) is 5.33. The Labute approximate surface area is 93.9 Å². The molecular weight excluding hydrogens is 204 g/mol. The van der Waals surface area contributed by atoms with Gasteiger partial charge in [-0.3, -0.25) is 4.68 Å². The number of hydrogen-bond acceptors (Lipinski definition) is 4. The Morgan fingerprint density at radius 1 is 1.56 bits per heavy atom. The Bertz CT molecular complexity index is 444. The third-order valence-electron chi connectivity index (χ3n) is 2.48. The van der Waals surface area contributed by atoms with Crippen molar-refractivity contribution in [3.63, 3.8) is 0 Å². The summed E-state index contributed by atoms with van der Waals surface area (Å²) in [5.41, 5.74) is 7.09. The molecule has 2 heterocycles. The molecule has 0 aliphatic carbocycles. The normalized spacial score (nSPS) is 12.9. The van der Waals surface area contributed by atoms with E-state index in [4.69, 9.17) is 5.73 Å². The summed E-state index contributed by atoms with van der Waals surface area (Å²) in [6.07, 6.45) is 4.94. The van der Waals surface area contributed by atoms with Gasteiger partial charge >= 0.3 is 0 Å². The molecule has 0 aliphatic rings. The van der Waals surface area contributed by atoms with Crippen LogP contribution in [0.3, 0.4) is 0 Å². The largest absolute Gasteiger partial charge is 0.348 e. The van der Waals surface area contributed by atoms with E-state index in [2.05, 4.69) is 20.1 Å². The lowest BCUT2D eigenvalue weighted by molar-refractivity contribution is 0.596. The topological polar surface area (TPSA) is 85.4 Å². The van der Waals surface area contributed by atoms with E-state index in [1.807, 2.05) is 14.0 Å². The van der Waals surface area contributed by atoms with Gasteiger partial charge in [-0.1, -0.05) is 6.92 Å². The lowest BCUT2D eigenvalue weighted by Crippen LogP contribution is -2.18. The Morgan fingerprint density at radius 2 is 2.38 bits per heavy atom. The first-order valence-corrected chi connectivity index (χ1v) is 5.33. The number of aromatic nitrogens is 5. The second-order valence-electron chi connectivity index (χ2n) is 3.75. The summed E-state index contributed by atoms with van der Waals surface area (Å²) < 4.78 is 1.75. The zero-order chi connectivity index (χ0) is 11.5. The SMILES string of the molecule is CCc1nc(C(N)Cc2cnc[nH]2)n(C)n1. The summed E-state index contributed by atoms with van der Waals surface area (Å²) in [6, 6.07) is -0.154. The van der Waals surface area contributed by atoms with E-state index in [9.17, 15) is 0 Å². The molecule has 0 bridgehead atoms. The van der Waals surface area contributed by atoms with Gasteiger partial charge in [0.05, 0.1) is 12.4 Å². The van der Waals surface area contributed by atoms with Crippen LogP contribution in [-0.4, -0.2) is 24.7 Å². The van der Waals surface area contributed by atoms with Gasteiger partial charge in [0.2, 0.25) is 0 Å². The Balaban J connectivity index is 2.14. The zero-order valence-corrected chi connectivity index (χ0v) is 9.51. The maximum absolute atomic E-state index is 6.08. The minimum absolute atomic E-state index is 0.154. The number of aromatic amines is 1. The van der Waals surface area contributed by atoms with E-state index >= 15 is 0 Å². The molecule has 1 unspecified atom stereocenters. The van der Waals surface area contributed by atoms with E-state index < -0.39 is 0 Å². The molecule has 2 aromatic rings. The van der Waals surface area contributed by atoms with Crippen molar-refractivity contribution in [1.29, 1.82) is 0 Å². The zero-order valence-electron chi connectivity index (χ0n) is 9.51. The molecule has 0 amide bonds. The molecular formula is C10H16N6. The van der Waals surface area contributed by atoms with E-state index in [0.29, 0.717) is 6.42 Å². The molecule has 0 saturated heterocycles. The molecule has 0 aromatic carbocycles. The summed E-state index contributed by atoms with van der Waals surface area (Å²) in [5.74, 6) is 1.64. The second kappa shape index (κ2) is 4.44. The maximum Gasteiger partial charge on any atom is 0.150 e. The fourth-order valence-electron chi connectivity index (χ4n) is 1.65. The molecule has 16 heavy (non-hydrogen) atoms. The summed E-state index contributed by atoms with van der Waals surface area (Å²) in [4.78, 5) is 11.4. The molecule has 6 heteroatoms. The van der Waals surface area contributed by atoms with Crippen molar-refractivity contribution in [1.82, 2.24) is 24.7 Å². The predicted octanol–water partition coefficient (Wildman–Crippen LogP) is 0.343. The van der Waals surface area contributed by atoms with Crippen LogP contribution in [0.1, 0.15) is 30.3 Å². The van der Waals surface area contributed by atoms with Crippen molar-refractivity contribution in [2.45, 2.75) is 25.8 Å². The van der Waals surface area contributed by atoms with Gasteiger partial charge in [0.1, 0.15) is 5.82 Å². The molecule has 2 rings (SSSR count). The van der Waals surface area contributed by atoms with Crippen LogP contribution < -0.4 is 5.73 Å². The maximum atomic E-state index is 6.08. The van der Waals surface area contributed by atoms with Gasteiger partial charge in [0, 0.05) is 31.8 Å².